The van der Waals surface area contributed by atoms with Gasteiger partial charge in [0.2, 0.25) is 23.2 Å². The van der Waals surface area contributed by atoms with Crippen LogP contribution >= 0.6 is 11.8 Å². The zero-order chi connectivity index (χ0) is 27.4. The lowest BCUT2D eigenvalue weighted by atomic mass is 10.1. The summed E-state index contributed by atoms with van der Waals surface area (Å²) >= 11 is 1.52. The first-order valence-corrected chi connectivity index (χ1v) is 13.8. The van der Waals surface area contributed by atoms with Crippen LogP contribution in [-0.4, -0.2) is 39.4 Å². The van der Waals surface area contributed by atoms with Crippen molar-refractivity contribution in [3.8, 4) is 28.5 Å². The summed E-state index contributed by atoms with van der Waals surface area (Å²) in [5, 5.41) is 9.26. The third kappa shape index (κ3) is 5.51. The maximum atomic E-state index is 13.0. The summed E-state index contributed by atoms with van der Waals surface area (Å²) in [6.07, 6.45) is 1.17. The number of benzene rings is 2. The molecule has 2 aromatic carbocycles. The van der Waals surface area contributed by atoms with E-state index in [0.717, 1.165) is 24.2 Å². The van der Waals surface area contributed by atoms with Crippen molar-refractivity contribution in [2.24, 2.45) is 0 Å². The summed E-state index contributed by atoms with van der Waals surface area (Å²) in [5.41, 5.74) is 2.98. The number of furan rings is 1. The van der Waals surface area contributed by atoms with Gasteiger partial charge in [0.1, 0.15) is 5.76 Å². The zero-order valence-electron chi connectivity index (χ0n) is 21.9. The van der Waals surface area contributed by atoms with E-state index in [1.54, 1.807) is 43.3 Å². The van der Waals surface area contributed by atoms with Crippen LogP contribution in [0.1, 0.15) is 56.0 Å². The average Bonchev–Trinajstić information content (AvgIpc) is 3.38. The third-order valence-electron chi connectivity index (χ3n) is 6.13. The van der Waals surface area contributed by atoms with Gasteiger partial charge in [-0.2, -0.15) is 4.98 Å². The monoisotopic (exact) mass is 544 g/mol. The SMILES string of the molecule is CCCCSc1nnc2c(n1)O[C@H](c1ccc(-c3ccc(C(=O)OCC)cc3)o1)N(C(C)=O)c1ccccc1-2. The number of thioether (sulfide) groups is 1. The molecule has 0 saturated heterocycles. The maximum absolute atomic E-state index is 13.0. The fourth-order valence-corrected chi connectivity index (χ4v) is 5.09. The Morgan fingerprint density at radius 1 is 1.03 bits per heavy atom. The molecule has 1 aliphatic heterocycles. The standard InChI is InChI=1S/C29H28N4O5S/c1-4-6-17-39-29-30-26-25(31-32-29)21-9-7-8-10-22(21)33(18(3)34)27(38-26)24-16-15-23(37-24)19-11-13-20(14-12-19)28(35)36-5-2/h7-16,27H,4-6,17H2,1-3H3/t27-/m1/s1. The van der Waals surface area contributed by atoms with Gasteiger partial charge in [-0.15, -0.1) is 10.2 Å². The molecule has 0 N–H and O–H groups in total. The first kappa shape index (κ1) is 26.4. The number of nitrogens with zero attached hydrogens (tertiary/aromatic N) is 4. The number of unbranched alkanes of at least 4 members (excludes halogenated alkanes) is 1. The first-order chi connectivity index (χ1) is 19.0. The molecule has 200 valence electrons. The van der Waals surface area contributed by atoms with Crippen molar-refractivity contribution in [2.45, 2.75) is 45.0 Å². The van der Waals surface area contributed by atoms with E-state index in [0.29, 0.717) is 45.8 Å². The zero-order valence-corrected chi connectivity index (χ0v) is 22.7. The number of carbonyl (C=O) groups excluding carboxylic acids is 2. The summed E-state index contributed by atoms with van der Waals surface area (Å²) in [5.74, 6) is 1.50. The maximum Gasteiger partial charge on any atom is 0.338 e. The molecule has 2 aromatic heterocycles. The van der Waals surface area contributed by atoms with Gasteiger partial charge in [0.15, 0.2) is 11.5 Å². The Kier molecular flexibility index (Phi) is 7.92. The van der Waals surface area contributed by atoms with Gasteiger partial charge >= 0.3 is 5.97 Å². The number of hydrogen-bond donors (Lipinski definition) is 0. The van der Waals surface area contributed by atoms with Gasteiger partial charge in [0.25, 0.3) is 0 Å². The smallest absolute Gasteiger partial charge is 0.338 e. The quantitative estimate of drug-likeness (QED) is 0.143. The molecule has 0 spiro atoms. The highest BCUT2D eigenvalue weighted by molar-refractivity contribution is 7.99. The van der Waals surface area contributed by atoms with E-state index in [-0.39, 0.29) is 17.8 Å². The van der Waals surface area contributed by atoms with Crippen LogP contribution in [0.3, 0.4) is 0 Å². The number of fused-ring (bicyclic) bond motifs is 3. The molecule has 0 saturated carbocycles. The fourth-order valence-electron chi connectivity index (χ4n) is 4.23. The Labute approximate surface area is 230 Å². The van der Waals surface area contributed by atoms with Crippen LogP contribution < -0.4 is 9.64 Å². The van der Waals surface area contributed by atoms with Crippen molar-refractivity contribution in [2.75, 3.05) is 17.3 Å². The number of rotatable bonds is 8. The molecule has 1 aliphatic rings. The molecule has 0 bridgehead atoms. The van der Waals surface area contributed by atoms with Crippen molar-refractivity contribution in [3.05, 3.63) is 72.0 Å². The van der Waals surface area contributed by atoms with E-state index < -0.39 is 6.23 Å². The van der Waals surface area contributed by atoms with Gasteiger partial charge in [0, 0.05) is 23.8 Å². The van der Waals surface area contributed by atoms with E-state index in [9.17, 15) is 9.59 Å². The van der Waals surface area contributed by atoms with Crippen molar-refractivity contribution in [3.63, 3.8) is 0 Å². The number of hydrogen-bond acceptors (Lipinski definition) is 9. The molecule has 10 heteroatoms. The predicted octanol–water partition coefficient (Wildman–Crippen LogP) is 6.31. The van der Waals surface area contributed by atoms with Crippen molar-refractivity contribution in [1.82, 2.24) is 15.2 Å². The number of ether oxygens (including phenoxy) is 2. The van der Waals surface area contributed by atoms with Gasteiger partial charge in [-0.25, -0.2) is 4.79 Å². The van der Waals surface area contributed by atoms with Crippen LogP contribution in [0.25, 0.3) is 22.6 Å². The number of para-hydroxylation sites is 1. The van der Waals surface area contributed by atoms with E-state index in [2.05, 4.69) is 22.1 Å². The van der Waals surface area contributed by atoms with Gasteiger partial charge in [-0.05, 0) is 43.7 Å². The van der Waals surface area contributed by atoms with Crippen molar-refractivity contribution < 1.29 is 23.5 Å². The average molecular weight is 545 g/mol. The highest BCUT2D eigenvalue weighted by Gasteiger charge is 2.36. The lowest BCUT2D eigenvalue weighted by Gasteiger charge is -2.28. The van der Waals surface area contributed by atoms with E-state index in [1.165, 1.54) is 23.6 Å². The minimum Gasteiger partial charge on any atom is -0.462 e. The molecule has 5 rings (SSSR count). The number of carbonyl (C=O) groups is 2. The molecular formula is C29H28N4O5S. The summed E-state index contributed by atoms with van der Waals surface area (Å²) < 4.78 is 17.7. The van der Waals surface area contributed by atoms with Gasteiger partial charge in [-0.1, -0.05) is 55.4 Å². The molecule has 4 aromatic rings. The number of amides is 1. The molecule has 3 heterocycles. The van der Waals surface area contributed by atoms with Crippen LogP contribution in [0.15, 0.2) is 70.2 Å². The molecule has 0 unspecified atom stereocenters. The highest BCUT2D eigenvalue weighted by Crippen LogP contribution is 2.44. The van der Waals surface area contributed by atoms with Gasteiger partial charge < -0.3 is 13.9 Å². The van der Waals surface area contributed by atoms with Crippen LogP contribution in [0.2, 0.25) is 0 Å². The Bertz CT molecular complexity index is 1490. The molecule has 0 aliphatic carbocycles. The lowest BCUT2D eigenvalue weighted by molar-refractivity contribution is -0.118. The molecule has 9 nitrogen and oxygen atoms in total. The van der Waals surface area contributed by atoms with Crippen molar-refractivity contribution >= 4 is 29.3 Å². The van der Waals surface area contributed by atoms with E-state index >= 15 is 0 Å². The Balaban J connectivity index is 1.53. The normalized spacial score (nSPS) is 14.1. The van der Waals surface area contributed by atoms with Crippen LogP contribution in [-0.2, 0) is 9.53 Å². The van der Waals surface area contributed by atoms with Gasteiger partial charge in [-0.3, -0.25) is 9.69 Å². The topological polar surface area (TPSA) is 108 Å². The molecule has 0 radical (unpaired) electrons. The molecular weight excluding hydrogens is 516 g/mol. The van der Waals surface area contributed by atoms with Crippen LogP contribution in [0.4, 0.5) is 5.69 Å². The predicted molar refractivity (Wildman–Crippen MR) is 148 cm³/mol. The number of anilines is 1. The minimum atomic E-state index is -0.928. The number of aromatic nitrogens is 3. The minimum absolute atomic E-state index is 0.234. The van der Waals surface area contributed by atoms with Crippen LogP contribution in [0, 0.1) is 0 Å². The van der Waals surface area contributed by atoms with Crippen LogP contribution in [0.5, 0.6) is 5.88 Å². The second-order valence-corrected chi connectivity index (χ2v) is 9.89. The molecule has 0 fully saturated rings. The first-order valence-electron chi connectivity index (χ1n) is 12.8. The second kappa shape index (κ2) is 11.7. The summed E-state index contributed by atoms with van der Waals surface area (Å²) in [4.78, 5) is 31.2. The highest BCUT2D eigenvalue weighted by atomic mass is 32.2. The lowest BCUT2D eigenvalue weighted by Crippen LogP contribution is -2.35. The number of esters is 1. The van der Waals surface area contributed by atoms with E-state index in [1.807, 2.05) is 24.3 Å². The van der Waals surface area contributed by atoms with E-state index in [4.69, 9.17) is 13.9 Å². The summed E-state index contributed by atoms with van der Waals surface area (Å²) in [6, 6.07) is 18.0. The van der Waals surface area contributed by atoms with Crippen molar-refractivity contribution in [1.29, 1.82) is 0 Å². The fraction of sp³-hybridized carbons (Fsp3) is 0.276. The second-order valence-electron chi connectivity index (χ2n) is 8.83. The molecule has 39 heavy (non-hydrogen) atoms. The third-order valence-corrected chi connectivity index (χ3v) is 7.05. The largest absolute Gasteiger partial charge is 0.462 e. The summed E-state index contributed by atoms with van der Waals surface area (Å²) in [6.45, 7) is 5.68. The Morgan fingerprint density at radius 2 is 1.82 bits per heavy atom. The molecule has 1 amide bonds. The Hall–Kier alpha value is -4.18. The molecule has 1 atom stereocenters. The van der Waals surface area contributed by atoms with Gasteiger partial charge in [0.05, 0.1) is 17.9 Å². The Morgan fingerprint density at radius 3 is 2.56 bits per heavy atom. The summed E-state index contributed by atoms with van der Waals surface area (Å²) in [7, 11) is 0.